The van der Waals surface area contributed by atoms with Gasteiger partial charge in [-0.05, 0) is 18.9 Å². The summed E-state index contributed by atoms with van der Waals surface area (Å²) in [7, 11) is 0. The Morgan fingerprint density at radius 1 is 1.44 bits per heavy atom. The molecular formula is C11H12N4O. The van der Waals surface area contributed by atoms with E-state index in [1.165, 1.54) is 12.4 Å². The van der Waals surface area contributed by atoms with Gasteiger partial charge in [-0.25, -0.2) is 0 Å². The average Bonchev–Trinajstić information content (AvgIpc) is 2.39. The summed E-state index contributed by atoms with van der Waals surface area (Å²) < 4.78 is 0. The summed E-state index contributed by atoms with van der Waals surface area (Å²) in [5, 5.41) is 16.1. The van der Waals surface area contributed by atoms with Gasteiger partial charge in [0.05, 0.1) is 24.0 Å². The third kappa shape index (κ3) is 2.16. The van der Waals surface area contributed by atoms with Crippen LogP contribution in [0.15, 0.2) is 18.5 Å². The number of carbonyl (C=O) groups is 1. The molecule has 5 nitrogen and oxygen atoms in total. The van der Waals surface area contributed by atoms with Crippen molar-refractivity contribution in [2.75, 3.05) is 13.1 Å². The summed E-state index contributed by atoms with van der Waals surface area (Å²) in [4.78, 5) is 13.7. The molecule has 0 spiro atoms. The largest absolute Gasteiger partial charge is 0.339 e. The first kappa shape index (κ1) is 10.6. The molecule has 0 atom stereocenters. The van der Waals surface area contributed by atoms with Gasteiger partial charge in [0.25, 0.3) is 5.91 Å². The monoisotopic (exact) mass is 216 g/mol. The fourth-order valence-electron chi connectivity index (χ4n) is 1.81. The van der Waals surface area contributed by atoms with Crippen LogP contribution in [0.5, 0.6) is 0 Å². The molecule has 0 radical (unpaired) electrons. The van der Waals surface area contributed by atoms with E-state index in [1.807, 2.05) is 0 Å². The van der Waals surface area contributed by atoms with Gasteiger partial charge < -0.3 is 4.90 Å². The fraction of sp³-hybridized carbons (Fsp3) is 0.455. The maximum atomic E-state index is 12.0. The van der Waals surface area contributed by atoms with Gasteiger partial charge in [0.1, 0.15) is 0 Å². The topological polar surface area (TPSA) is 69.9 Å². The van der Waals surface area contributed by atoms with Gasteiger partial charge in [-0.2, -0.15) is 15.5 Å². The van der Waals surface area contributed by atoms with Crippen LogP contribution in [0.2, 0.25) is 0 Å². The van der Waals surface area contributed by atoms with Gasteiger partial charge in [-0.15, -0.1) is 0 Å². The molecule has 1 aliphatic heterocycles. The number of amides is 1. The first-order chi connectivity index (χ1) is 7.81. The third-order valence-corrected chi connectivity index (χ3v) is 2.80. The zero-order valence-corrected chi connectivity index (χ0v) is 8.83. The molecule has 82 valence electrons. The molecule has 2 rings (SSSR count). The van der Waals surface area contributed by atoms with Crippen molar-refractivity contribution in [3.63, 3.8) is 0 Å². The highest BCUT2D eigenvalue weighted by atomic mass is 16.2. The lowest BCUT2D eigenvalue weighted by molar-refractivity contribution is 0.0706. The molecule has 1 saturated heterocycles. The number of hydrogen-bond donors (Lipinski definition) is 0. The number of piperidine rings is 1. The molecule has 1 fully saturated rings. The van der Waals surface area contributed by atoms with E-state index in [9.17, 15) is 4.79 Å². The maximum absolute atomic E-state index is 12.0. The second-order valence-corrected chi connectivity index (χ2v) is 3.83. The Kier molecular flexibility index (Phi) is 3.10. The molecule has 1 aromatic heterocycles. The predicted octanol–water partition coefficient (Wildman–Crippen LogP) is 0.852. The van der Waals surface area contributed by atoms with Crippen LogP contribution in [0, 0.1) is 17.2 Å². The van der Waals surface area contributed by atoms with Gasteiger partial charge in [0, 0.05) is 19.0 Å². The van der Waals surface area contributed by atoms with Gasteiger partial charge in [0.2, 0.25) is 0 Å². The smallest absolute Gasteiger partial charge is 0.255 e. The molecule has 2 heterocycles. The van der Waals surface area contributed by atoms with E-state index in [0.717, 1.165) is 12.8 Å². The van der Waals surface area contributed by atoms with E-state index >= 15 is 0 Å². The van der Waals surface area contributed by atoms with E-state index in [0.29, 0.717) is 18.7 Å². The molecule has 16 heavy (non-hydrogen) atoms. The van der Waals surface area contributed by atoms with E-state index in [2.05, 4.69) is 16.3 Å². The second-order valence-electron chi connectivity index (χ2n) is 3.83. The highest BCUT2D eigenvalue weighted by Gasteiger charge is 2.23. The average molecular weight is 216 g/mol. The summed E-state index contributed by atoms with van der Waals surface area (Å²) in [6.07, 6.45) is 4.51. The minimum atomic E-state index is -0.0220. The van der Waals surface area contributed by atoms with Gasteiger partial charge in [-0.3, -0.25) is 4.79 Å². The molecule has 0 aliphatic carbocycles. The number of carbonyl (C=O) groups excluding carboxylic acids is 1. The minimum Gasteiger partial charge on any atom is -0.339 e. The number of nitrogens with zero attached hydrogens (tertiary/aromatic N) is 4. The molecule has 0 unspecified atom stereocenters. The van der Waals surface area contributed by atoms with Crippen molar-refractivity contribution < 1.29 is 4.79 Å². The van der Waals surface area contributed by atoms with Crippen molar-refractivity contribution >= 4 is 5.91 Å². The summed E-state index contributed by atoms with van der Waals surface area (Å²) in [5.41, 5.74) is 0.561. The van der Waals surface area contributed by atoms with Crippen LogP contribution in [0.4, 0.5) is 0 Å². The second kappa shape index (κ2) is 4.71. The number of rotatable bonds is 1. The van der Waals surface area contributed by atoms with Crippen molar-refractivity contribution in [3.05, 3.63) is 24.0 Å². The van der Waals surface area contributed by atoms with Crippen LogP contribution in [-0.2, 0) is 0 Å². The lowest BCUT2D eigenvalue weighted by Gasteiger charge is -2.29. The lowest BCUT2D eigenvalue weighted by Crippen LogP contribution is -2.38. The molecule has 0 aromatic carbocycles. The van der Waals surface area contributed by atoms with E-state index in [4.69, 9.17) is 5.26 Å². The van der Waals surface area contributed by atoms with Crippen LogP contribution >= 0.6 is 0 Å². The Labute approximate surface area is 93.7 Å². The van der Waals surface area contributed by atoms with Crippen molar-refractivity contribution in [1.29, 1.82) is 5.26 Å². The van der Waals surface area contributed by atoms with E-state index < -0.39 is 0 Å². The number of aromatic nitrogens is 2. The van der Waals surface area contributed by atoms with E-state index in [1.54, 1.807) is 11.0 Å². The predicted molar refractivity (Wildman–Crippen MR) is 56.3 cm³/mol. The van der Waals surface area contributed by atoms with Crippen molar-refractivity contribution in [3.8, 4) is 6.07 Å². The SMILES string of the molecule is N#CC1CCN(C(=O)c2ccnnc2)CC1. The first-order valence-corrected chi connectivity index (χ1v) is 5.27. The Hall–Kier alpha value is -1.96. The molecule has 0 bridgehead atoms. The van der Waals surface area contributed by atoms with Crippen molar-refractivity contribution in [1.82, 2.24) is 15.1 Å². The van der Waals surface area contributed by atoms with Crippen molar-refractivity contribution in [2.45, 2.75) is 12.8 Å². The van der Waals surface area contributed by atoms with Gasteiger partial charge in [0.15, 0.2) is 0 Å². The highest BCUT2D eigenvalue weighted by Crippen LogP contribution is 2.17. The number of hydrogen-bond acceptors (Lipinski definition) is 4. The molecule has 1 aromatic rings. The van der Waals surface area contributed by atoms with Crippen LogP contribution in [0.3, 0.4) is 0 Å². The minimum absolute atomic E-state index is 0.0220. The fourth-order valence-corrected chi connectivity index (χ4v) is 1.81. The van der Waals surface area contributed by atoms with Gasteiger partial charge in [-0.1, -0.05) is 0 Å². The standard InChI is InChI=1S/C11H12N4O/c12-7-9-2-5-15(6-3-9)11(16)10-1-4-13-14-8-10/h1,4,8-9H,2-3,5-6H2. The molecule has 1 amide bonds. The lowest BCUT2D eigenvalue weighted by atomic mass is 9.98. The molecule has 0 saturated carbocycles. The zero-order chi connectivity index (χ0) is 11.4. The Morgan fingerprint density at radius 3 is 2.75 bits per heavy atom. The Bertz CT molecular complexity index is 404. The molecule has 1 aliphatic rings. The van der Waals surface area contributed by atoms with Gasteiger partial charge >= 0.3 is 0 Å². The maximum Gasteiger partial charge on any atom is 0.255 e. The Balaban J connectivity index is 2.00. The van der Waals surface area contributed by atoms with Crippen LogP contribution in [0.1, 0.15) is 23.2 Å². The molecule has 0 N–H and O–H groups in total. The number of likely N-dealkylation sites (tertiary alicyclic amines) is 1. The van der Waals surface area contributed by atoms with Crippen molar-refractivity contribution in [2.24, 2.45) is 5.92 Å². The summed E-state index contributed by atoms with van der Waals surface area (Å²) >= 11 is 0. The normalized spacial score (nSPS) is 16.8. The number of nitriles is 1. The van der Waals surface area contributed by atoms with Crippen LogP contribution in [0.25, 0.3) is 0 Å². The molecule has 5 heteroatoms. The third-order valence-electron chi connectivity index (χ3n) is 2.80. The highest BCUT2D eigenvalue weighted by molar-refractivity contribution is 5.93. The zero-order valence-electron chi connectivity index (χ0n) is 8.83. The summed E-state index contributed by atoms with van der Waals surface area (Å²) in [6.45, 7) is 1.30. The summed E-state index contributed by atoms with van der Waals surface area (Å²) in [6, 6.07) is 3.90. The first-order valence-electron chi connectivity index (χ1n) is 5.27. The van der Waals surface area contributed by atoms with Crippen LogP contribution < -0.4 is 0 Å². The summed E-state index contributed by atoms with van der Waals surface area (Å²) in [5.74, 6) is 0.0749. The quantitative estimate of drug-likeness (QED) is 0.697. The van der Waals surface area contributed by atoms with Crippen LogP contribution in [-0.4, -0.2) is 34.1 Å². The Morgan fingerprint density at radius 2 is 2.19 bits per heavy atom. The molecular weight excluding hydrogens is 204 g/mol. The van der Waals surface area contributed by atoms with E-state index in [-0.39, 0.29) is 11.8 Å².